The number of aromatic nitrogens is 1. The average molecular weight is 529 g/mol. The van der Waals surface area contributed by atoms with Crippen molar-refractivity contribution in [2.24, 2.45) is 0 Å². The summed E-state index contributed by atoms with van der Waals surface area (Å²) in [5.74, 6) is -1.70. The lowest BCUT2D eigenvalue weighted by atomic mass is 9.93. The first-order valence-electron chi connectivity index (χ1n) is 11.7. The summed E-state index contributed by atoms with van der Waals surface area (Å²) in [5.41, 5.74) is 1.60. The summed E-state index contributed by atoms with van der Waals surface area (Å²) in [7, 11) is 0. The molecule has 3 amide bonds. The van der Waals surface area contributed by atoms with Crippen molar-refractivity contribution >= 4 is 36.8 Å². The molecule has 1 atom stereocenters. The predicted molar refractivity (Wildman–Crippen MR) is 135 cm³/mol. The molecule has 10 heteroatoms. The quantitative estimate of drug-likeness (QED) is 0.521. The van der Waals surface area contributed by atoms with E-state index >= 15 is 0 Å². The van der Waals surface area contributed by atoms with Gasteiger partial charge in [0.2, 0.25) is 5.91 Å². The van der Waals surface area contributed by atoms with Crippen LogP contribution in [0.15, 0.2) is 42.6 Å². The molecule has 6 nitrogen and oxygen atoms in total. The van der Waals surface area contributed by atoms with Crippen LogP contribution in [0.1, 0.15) is 61.7 Å². The van der Waals surface area contributed by atoms with E-state index in [2.05, 4.69) is 21.3 Å². The number of nitrogens with one attached hydrogen (secondary N) is 1. The molecule has 1 unspecified atom stereocenters. The molecule has 1 N–H and O–H groups in total. The molecule has 1 aromatic carbocycles. The van der Waals surface area contributed by atoms with Gasteiger partial charge in [-0.1, -0.05) is 12.1 Å². The molecule has 0 bridgehead atoms. The van der Waals surface area contributed by atoms with Crippen LogP contribution in [-0.4, -0.2) is 52.9 Å². The Morgan fingerprint density at radius 2 is 1.83 bits per heavy atom. The Kier molecular flexibility index (Phi) is 11.3. The molecule has 2 aromatic rings. The Labute approximate surface area is 217 Å². The molecular formula is C25H32Cl2F2N4O2. The van der Waals surface area contributed by atoms with Gasteiger partial charge in [-0.25, -0.2) is 13.6 Å². The summed E-state index contributed by atoms with van der Waals surface area (Å²) < 4.78 is 27.0. The van der Waals surface area contributed by atoms with Gasteiger partial charge >= 0.3 is 6.03 Å². The fraction of sp³-hybridized carbons (Fsp3) is 0.480. The van der Waals surface area contributed by atoms with E-state index in [1.807, 2.05) is 18.3 Å². The normalized spacial score (nSPS) is 19.0. The van der Waals surface area contributed by atoms with Crippen molar-refractivity contribution in [3.63, 3.8) is 0 Å². The number of piperidine rings is 2. The van der Waals surface area contributed by atoms with Gasteiger partial charge in [0.15, 0.2) is 11.6 Å². The molecule has 2 fully saturated rings. The zero-order valence-electron chi connectivity index (χ0n) is 19.5. The molecule has 1 aromatic heterocycles. The van der Waals surface area contributed by atoms with E-state index < -0.39 is 23.7 Å². The maximum Gasteiger partial charge on any atom is 0.324 e. The van der Waals surface area contributed by atoms with Crippen LogP contribution in [0, 0.1) is 11.6 Å². The van der Waals surface area contributed by atoms with Gasteiger partial charge in [0, 0.05) is 30.8 Å². The largest absolute Gasteiger partial charge is 0.338 e. The molecule has 35 heavy (non-hydrogen) atoms. The summed E-state index contributed by atoms with van der Waals surface area (Å²) in [6.07, 6.45) is 6.19. The number of hydrogen-bond donors (Lipinski definition) is 1. The third-order valence-corrected chi connectivity index (χ3v) is 6.62. The first-order valence-corrected chi connectivity index (χ1v) is 11.7. The Hall–Kier alpha value is -2.29. The number of carbonyl (C=O) groups excluding carboxylic acids is 2. The number of rotatable bonds is 6. The fourth-order valence-corrected chi connectivity index (χ4v) is 4.81. The third kappa shape index (κ3) is 7.35. The Bertz CT molecular complexity index is 975. The number of nitrogens with zero attached hydrogens (tertiary/aromatic N) is 3. The number of halogens is 4. The van der Waals surface area contributed by atoms with Crippen LogP contribution in [0.3, 0.4) is 0 Å². The Balaban J connectivity index is 0.00000216. The topological polar surface area (TPSA) is 65.5 Å². The number of amides is 3. The Morgan fingerprint density at radius 3 is 2.51 bits per heavy atom. The first-order chi connectivity index (χ1) is 16.0. The number of hydrogen-bond acceptors (Lipinski definition) is 4. The predicted octanol–water partition coefficient (Wildman–Crippen LogP) is 5.24. The van der Waals surface area contributed by atoms with Crippen LogP contribution in [0.4, 0.5) is 13.6 Å². The van der Waals surface area contributed by atoms with E-state index in [0.29, 0.717) is 30.9 Å². The lowest BCUT2D eigenvalue weighted by molar-refractivity contribution is -0.132. The molecule has 0 saturated carbocycles. The van der Waals surface area contributed by atoms with Crippen molar-refractivity contribution in [3.05, 3.63) is 65.5 Å². The highest BCUT2D eigenvalue weighted by Gasteiger charge is 2.34. The zero-order chi connectivity index (χ0) is 23.2. The van der Waals surface area contributed by atoms with Crippen molar-refractivity contribution in [2.75, 3.05) is 26.2 Å². The highest BCUT2D eigenvalue weighted by Crippen LogP contribution is 2.32. The number of benzene rings is 1. The minimum absolute atomic E-state index is 0. The van der Waals surface area contributed by atoms with E-state index in [1.165, 1.54) is 11.0 Å². The summed E-state index contributed by atoms with van der Waals surface area (Å²) >= 11 is 0. The van der Waals surface area contributed by atoms with E-state index in [0.717, 1.165) is 56.7 Å². The number of likely N-dealkylation sites (tertiary alicyclic amines) is 2. The number of urea groups is 1. The molecule has 2 aliphatic heterocycles. The summed E-state index contributed by atoms with van der Waals surface area (Å²) in [6, 6.07) is 8.56. The van der Waals surface area contributed by atoms with Crippen LogP contribution in [-0.2, 0) is 4.79 Å². The fourth-order valence-electron chi connectivity index (χ4n) is 4.81. The van der Waals surface area contributed by atoms with Gasteiger partial charge in [0.1, 0.15) is 0 Å². The molecule has 2 saturated heterocycles. The molecule has 3 heterocycles. The van der Waals surface area contributed by atoms with Crippen molar-refractivity contribution in [2.45, 2.75) is 50.5 Å². The lowest BCUT2D eigenvalue weighted by Gasteiger charge is -2.34. The second kappa shape index (κ2) is 13.7. The molecule has 0 aliphatic carbocycles. The maximum atomic E-state index is 13.7. The highest BCUT2D eigenvalue weighted by atomic mass is 35.5. The number of pyridine rings is 1. The molecule has 192 valence electrons. The molecule has 0 radical (unpaired) electrons. The monoisotopic (exact) mass is 528 g/mol. The maximum absolute atomic E-state index is 13.7. The first kappa shape index (κ1) is 28.9. The standard InChI is InChI=1S/C25H30F2N4O2.2ClH/c26-20-9-8-19(17-21(20)27)23-6-3-7-24(32)31(23)25(33)29-13-4-14-30-15-10-18(11-16-30)22-5-1-2-12-28-22;;/h1-2,5,8-9,12,17-18,23H,3-4,6-7,10-11,13-16H2,(H,29,33);2*1H. The van der Waals surface area contributed by atoms with Crippen LogP contribution in [0.5, 0.6) is 0 Å². The van der Waals surface area contributed by atoms with Crippen LogP contribution >= 0.6 is 24.8 Å². The van der Waals surface area contributed by atoms with E-state index in [-0.39, 0.29) is 37.1 Å². The van der Waals surface area contributed by atoms with E-state index in [9.17, 15) is 18.4 Å². The van der Waals surface area contributed by atoms with Crippen molar-refractivity contribution < 1.29 is 18.4 Å². The van der Waals surface area contributed by atoms with Gasteiger partial charge in [-0.05, 0) is 81.6 Å². The van der Waals surface area contributed by atoms with Crippen molar-refractivity contribution in [1.82, 2.24) is 20.1 Å². The third-order valence-electron chi connectivity index (χ3n) is 6.62. The van der Waals surface area contributed by atoms with Gasteiger partial charge in [0.25, 0.3) is 0 Å². The summed E-state index contributed by atoms with van der Waals surface area (Å²) in [6.45, 7) is 3.32. The van der Waals surface area contributed by atoms with Gasteiger partial charge in [0.05, 0.1) is 6.04 Å². The van der Waals surface area contributed by atoms with Crippen LogP contribution in [0.2, 0.25) is 0 Å². The second-order valence-corrected chi connectivity index (χ2v) is 8.80. The smallest absolute Gasteiger partial charge is 0.324 e. The second-order valence-electron chi connectivity index (χ2n) is 8.80. The average Bonchev–Trinajstić information content (AvgIpc) is 2.84. The molecular weight excluding hydrogens is 497 g/mol. The van der Waals surface area contributed by atoms with Crippen molar-refractivity contribution in [1.29, 1.82) is 0 Å². The highest BCUT2D eigenvalue weighted by molar-refractivity contribution is 5.95. The SMILES string of the molecule is Cl.Cl.O=C1CCCC(c2ccc(F)c(F)c2)N1C(=O)NCCCN1CCC(c2ccccn2)CC1. The number of imide groups is 1. The Morgan fingerprint density at radius 1 is 1.06 bits per heavy atom. The molecule has 2 aliphatic rings. The zero-order valence-corrected chi connectivity index (χ0v) is 21.1. The number of carbonyl (C=O) groups is 2. The minimum atomic E-state index is -0.974. The van der Waals surface area contributed by atoms with Crippen LogP contribution < -0.4 is 5.32 Å². The molecule has 4 rings (SSSR count). The van der Waals surface area contributed by atoms with Gasteiger partial charge in [-0.15, -0.1) is 24.8 Å². The summed E-state index contributed by atoms with van der Waals surface area (Å²) in [5, 5.41) is 2.84. The van der Waals surface area contributed by atoms with Crippen molar-refractivity contribution in [3.8, 4) is 0 Å². The van der Waals surface area contributed by atoms with E-state index in [1.54, 1.807) is 0 Å². The van der Waals surface area contributed by atoms with E-state index in [4.69, 9.17) is 0 Å². The van der Waals surface area contributed by atoms with Gasteiger partial charge < -0.3 is 10.2 Å². The lowest BCUT2D eigenvalue weighted by Crippen LogP contribution is -2.48. The summed E-state index contributed by atoms with van der Waals surface area (Å²) in [4.78, 5) is 33.3. The van der Waals surface area contributed by atoms with Gasteiger partial charge in [-0.3, -0.25) is 14.7 Å². The molecule has 0 spiro atoms. The van der Waals surface area contributed by atoms with Gasteiger partial charge in [-0.2, -0.15) is 0 Å². The minimum Gasteiger partial charge on any atom is -0.338 e. The van der Waals surface area contributed by atoms with Crippen LogP contribution in [0.25, 0.3) is 0 Å².